The van der Waals surface area contributed by atoms with Gasteiger partial charge in [-0.15, -0.1) is 11.3 Å². The zero-order chi connectivity index (χ0) is 13.5. The Morgan fingerprint density at radius 2 is 2.11 bits per heavy atom. The van der Waals surface area contributed by atoms with Crippen molar-refractivity contribution < 1.29 is 0 Å². The number of hydrogen-bond donors (Lipinski definition) is 1. The van der Waals surface area contributed by atoms with Gasteiger partial charge in [0.05, 0.1) is 5.51 Å². The highest BCUT2D eigenvalue weighted by atomic mass is 32.1. The zero-order valence-electron chi connectivity index (χ0n) is 12.4. The molecule has 0 saturated heterocycles. The summed E-state index contributed by atoms with van der Waals surface area (Å²) >= 11 is 1.80. The molecule has 2 rings (SSSR count). The lowest BCUT2D eigenvalue weighted by Gasteiger charge is -2.34. The van der Waals surface area contributed by atoms with Crippen LogP contribution in [0.25, 0.3) is 0 Å². The Morgan fingerprint density at radius 1 is 1.32 bits per heavy atom. The molecule has 2 nitrogen and oxygen atoms in total. The minimum atomic E-state index is 0.665. The Labute approximate surface area is 122 Å². The first-order chi connectivity index (χ1) is 9.33. The van der Waals surface area contributed by atoms with Gasteiger partial charge >= 0.3 is 0 Å². The molecule has 108 valence electrons. The molecule has 1 unspecified atom stereocenters. The summed E-state index contributed by atoms with van der Waals surface area (Å²) in [5, 5.41) is 3.79. The van der Waals surface area contributed by atoms with E-state index in [4.69, 9.17) is 0 Å². The Balaban J connectivity index is 1.89. The SMILES string of the molecule is CCCNC(Cc1cncs1)C1CCC(CC)CC1. The molecule has 1 N–H and O–H groups in total. The number of nitrogens with zero attached hydrogens (tertiary/aromatic N) is 1. The molecule has 1 aromatic heterocycles. The quantitative estimate of drug-likeness (QED) is 0.807. The fourth-order valence-corrected chi connectivity index (χ4v) is 3.95. The molecular formula is C16H28N2S. The molecule has 1 aliphatic carbocycles. The standard InChI is InChI=1S/C16H28N2S/c1-3-9-18-16(10-15-11-17-12-19-15)14-7-5-13(4-2)6-8-14/h11-14,16,18H,3-10H2,1-2H3. The van der Waals surface area contributed by atoms with Crippen LogP contribution < -0.4 is 5.32 Å². The number of thiazole rings is 1. The van der Waals surface area contributed by atoms with Crippen LogP contribution in [0.15, 0.2) is 11.7 Å². The van der Waals surface area contributed by atoms with Crippen molar-refractivity contribution in [2.45, 2.75) is 64.8 Å². The molecule has 0 aliphatic heterocycles. The third-order valence-corrected chi connectivity index (χ3v) is 5.40. The monoisotopic (exact) mass is 280 g/mol. The molecule has 0 spiro atoms. The molecule has 0 amide bonds. The van der Waals surface area contributed by atoms with Crippen LogP contribution in [-0.4, -0.2) is 17.6 Å². The van der Waals surface area contributed by atoms with Crippen molar-refractivity contribution in [1.82, 2.24) is 10.3 Å². The maximum absolute atomic E-state index is 4.22. The molecule has 1 heterocycles. The first-order valence-electron chi connectivity index (χ1n) is 7.94. The average Bonchev–Trinajstić information content (AvgIpc) is 2.96. The highest BCUT2D eigenvalue weighted by molar-refractivity contribution is 7.09. The summed E-state index contributed by atoms with van der Waals surface area (Å²) in [6, 6.07) is 0.665. The van der Waals surface area contributed by atoms with Crippen molar-refractivity contribution in [1.29, 1.82) is 0 Å². The van der Waals surface area contributed by atoms with Gasteiger partial charge in [0.2, 0.25) is 0 Å². The summed E-state index contributed by atoms with van der Waals surface area (Å²) < 4.78 is 0. The van der Waals surface area contributed by atoms with Crippen molar-refractivity contribution in [2.24, 2.45) is 11.8 Å². The second kappa shape index (κ2) is 8.01. The predicted octanol–water partition coefficient (Wildman–Crippen LogP) is 4.27. The molecule has 0 radical (unpaired) electrons. The fraction of sp³-hybridized carbons (Fsp3) is 0.812. The van der Waals surface area contributed by atoms with E-state index in [1.807, 2.05) is 11.7 Å². The van der Waals surface area contributed by atoms with Gasteiger partial charge in [0.15, 0.2) is 0 Å². The predicted molar refractivity (Wildman–Crippen MR) is 83.6 cm³/mol. The topological polar surface area (TPSA) is 24.9 Å². The van der Waals surface area contributed by atoms with Gasteiger partial charge in [-0.1, -0.05) is 33.1 Å². The highest BCUT2D eigenvalue weighted by Crippen LogP contribution is 2.33. The summed E-state index contributed by atoms with van der Waals surface area (Å²) in [7, 11) is 0. The van der Waals surface area contributed by atoms with Gasteiger partial charge < -0.3 is 5.32 Å². The van der Waals surface area contributed by atoms with Crippen LogP contribution in [0.4, 0.5) is 0 Å². The van der Waals surface area contributed by atoms with Crippen molar-refractivity contribution in [3.05, 3.63) is 16.6 Å². The number of nitrogens with one attached hydrogen (secondary N) is 1. The molecule has 19 heavy (non-hydrogen) atoms. The third-order valence-electron chi connectivity index (χ3n) is 4.60. The molecule has 1 aliphatic rings. The van der Waals surface area contributed by atoms with E-state index >= 15 is 0 Å². The van der Waals surface area contributed by atoms with Gasteiger partial charge in [0.1, 0.15) is 0 Å². The summed E-state index contributed by atoms with van der Waals surface area (Å²) in [6.45, 7) is 5.75. The average molecular weight is 280 g/mol. The van der Waals surface area contributed by atoms with E-state index in [1.54, 1.807) is 11.3 Å². The molecule has 3 heteroatoms. The minimum absolute atomic E-state index is 0.665. The fourth-order valence-electron chi connectivity index (χ4n) is 3.29. The van der Waals surface area contributed by atoms with Gasteiger partial charge in [0.25, 0.3) is 0 Å². The Hall–Kier alpha value is -0.410. The first-order valence-corrected chi connectivity index (χ1v) is 8.82. The van der Waals surface area contributed by atoms with Crippen LogP contribution in [0.5, 0.6) is 0 Å². The number of hydrogen-bond acceptors (Lipinski definition) is 3. The minimum Gasteiger partial charge on any atom is -0.313 e. The summed E-state index contributed by atoms with van der Waals surface area (Å²) in [5.74, 6) is 1.86. The number of rotatable bonds is 7. The van der Waals surface area contributed by atoms with E-state index in [0.717, 1.165) is 18.4 Å². The van der Waals surface area contributed by atoms with E-state index in [1.165, 1.54) is 49.8 Å². The summed E-state index contributed by atoms with van der Waals surface area (Å²) in [4.78, 5) is 5.65. The van der Waals surface area contributed by atoms with Gasteiger partial charge in [-0.05, 0) is 44.1 Å². The summed E-state index contributed by atoms with van der Waals surface area (Å²) in [6.07, 6.45) is 11.5. The van der Waals surface area contributed by atoms with Crippen molar-refractivity contribution in [3.63, 3.8) is 0 Å². The van der Waals surface area contributed by atoms with Gasteiger partial charge in [0, 0.05) is 17.1 Å². The van der Waals surface area contributed by atoms with Crippen LogP contribution in [0, 0.1) is 11.8 Å². The Bertz CT molecular complexity index is 329. The van der Waals surface area contributed by atoms with Crippen LogP contribution in [-0.2, 0) is 6.42 Å². The van der Waals surface area contributed by atoms with Gasteiger partial charge in [-0.2, -0.15) is 0 Å². The normalized spacial score (nSPS) is 25.4. The second-order valence-electron chi connectivity index (χ2n) is 5.92. The lowest BCUT2D eigenvalue weighted by atomic mass is 9.77. The smallest absolute Gasteiger partial charge is 0.0794 e. The van der Waals surface area contributed by atoms with Crippen molar-refractivity contribution in [2.75, 3.05) is 6.54 Å². The second-order valence-corrected chi connectivity index (χ2v) is 6.89. The first kappa shape index (κ1) is 15.0. The van der Waals surface area contributed by atoms with Crippen molar-refractivity contribution in [3.8, 4) is 0 Å². The molecule has 1 atom stereocenters. The number of aromatic nitrogens is 1. The van der Waals surface area contributed by atoms with Crippen LogP contribution in [0.2, 0.25) is 0 Å². The van der Waals surface area contributed by atoms with Gasteiger partial charge in [-0.3, -0.25) is 4.98 Å². The highest BCUT2D eigenvalue weighted by Gasteiger charge is 2.26. The largest absolute Gasteiger partial charge is 0.313 e. The van der Waals surface area contributed by atoms with Crippen LogP contribution in [0.1, 0.15) is 57.2 Å². The lowest BCUT2D eigenvalue weighted by molar-refractivity contribution is 0.217. The molecule has 0 aromatic carbocycles. The Morgan fingerprint density at radius 3 is 2.68 bits per heavy atom. The molecule has 1 fully saturated rings. The van der Waals surface area contributed by atoms with E-state index < -0.39 is 0 Å². The van der Waals surface area contributed by atoms with E-state index in [9.17, 15) is 0 Å². The van der Waals surface area contributed by atoms with E-state index in [2.05, 4.69) is 24.1 Å². The maximum Gasteiger partial charge on any atom is 0.0794 e. The van der Waals surface area contributed by atoms with Gasteiger partial charge in [-0.25, -0.2) is 0 Å². The zero-order valence-corrected chi connectivity index (χ0v) is 13.2. The molecule has 0 bridgehead atoms. The Kier molecular flexibility index (Phi) is 6.32. The third kappa shape index (κ3) is 4.57. The maximum atomic E-state index is 4.22. The van der Waals surface area contributed by atoms with Crippen LogP contribution in [0.3, 0.4) is 0 Å². The lowest BCUT2D eigenvalue weighted by Crippen LogP contribution is -2.40. The summed E-state index contributed by atoms with van der Waals surface area (Å²) in [5.41, 5.74) is 1.96. The van der Waals surface area contributed by atoms with E-state index in [-0.39, 0.29) is 0 Å². The molecular weight excluding hydrogens is 252 g/mol. The molecule has 1 aromatic rings. The van der Waals surface area contributed by atoms with E-state index in [0.29, 0.717) is 6.04 Å². The van der Waals surface area contributed by atoms with Crippen LogP contribution >= 0.6 is 11.3 Å². The van der Waals surface area contributed by atoms with Crippen molar-refractivity contribution >= 4 is 11.3 Å². The molecule has 1 saturated carbocycles.